The maximum atomic E-state index is 13.3. The van der Waals surface area contributed by atoms with Gasteiger partial charge in [-0.3, -0.25) is 0 Å². The Hall–Kier alpha value is -1.04. The van der Waals surface area contributed by atoms with Gasteiger partial charge in [0.2, 0.25) is 0 Å². The van der Waals surface area contributed by atoms with Gasteiger partial charge in [-0.25, -0.2) is 4.39 Å². The summed E-state index contributed by atoms with van der Waals surface area (Å²) in [7, 11) is 3.95. The molecule has 0 aromatic heterocycles. The van der Waals surface area contributed by atoms with Crippen LogP contribution in [-0.2, 0) is 0 Å². The molecule has 0 saturated carbocycles. The summed E-state index contributed by atoms with van der Waals surface area (Å²) in [6, 6.07) is 2.91. The van der Waals surface area contributed by atoms with E-state index in [0.717, 1.165) is 6.54 Å². The van der Waals surface area contributed by atoms with E-state index in [0.29, 0.717) is 24.3 Å². The van der Waals surface area contributed by atoms with Gasteiger partial charge >= 0.3 is 0 Å². The van der Waals surface area contributed by atoms with Gasteiger partial charge in [-0.1, -0.05) is 11.6 Å². The molecule has 4 nitrogen and oxygen atoms in total. The summed E-state index contributed by atoms with van der Waals surface area (Å²) >= 11 is 5.82. The molecular weight excluding hydrogens is 269 g/mol. The lowest BCUT2D eigenvalue weighted by atomic mass is 10.1. The zero-order chi connectivity index (χ0) is 14.2. The minimum Gasteiger partial charge on any atom is -0.397 e. The Morgan fingerprint density at radius 1 is 1.53 bits per heavy atom. The van der Waals surface area contributed by atoms with Crippen LogP contribution in [-0.4, -0.2) is 49.3 Å². The number of aliphatic hydroxyl groups is 1. The number of hydrogen-bond donors (Lipinski definition) is 2. The molecule has 1 aromatic carbocycles. The van der Waals surface area contributed by atoms with Crippen LogP contribution >= 0.6 is 11.6 Å². The predicted molar refractivity (Wildman–Crippen MR) is 76.1 cm³/mol. The maximum Gasteiger partial charge on any atom is 0.143 e. The van der Waals surface area contributed by atoms with Crippen LogP contribution in [0.25, 0.3) is 0 Å². The molecule has 1 heterocycles. The SMILES string of the molecule is CN(C)CC1CC(O)CN1c1cc(Cl)c(F)cc1N. The third-order valence-corrected chi connectivity index (χ3v) is 3.64. The molecule has 0 aliphatic carbocycles. The molecule has 19 heavy (non-hydrogen) atoms. The number of hydrogen-bond acceptors (Lipinski definition) is 4. The molecule has 0 bridgehead atoms. The van der Waals surface area contributed by atoms with Crippen molar-refractivity contribution in [2.75, 3.05) is 37.8 Å². The standard InChI is InChI=1S/C13H19ClFN3O/c1-17(2)6-8-3-9(19)7-18(8)13-4-10(14)11(15)5-12(13)16/h4-5,8-9,19H,3,6-7,16H2,1-2H3. The molecule has 1 saturated heterocycles. The topological polar surface area (TPSA) is 52.7 Å². The smallest absolute Gasteiger partial charge is 0.143 e. The molecule has 1 aromatic rings. The van der Waals surface area contributed by atoms with Gasteiger partial charge in [-0.05, 0) is 26.6 Å². The molecule has 0 radical (unpaired) electrons. The normalized spacial score (nSPS) is 23.4. The van der Waals surface area contributed by atoms with E-state index in [4.69, 9.17) is 17.3 Å². The number of aliphatic hydroxyl groups excluding tert-OH is 1. The van der Waals surface area contributed by atoms with Gasteiger partial charge in [0.25, 0.3) is 0 Å². The number of rotatable bonds is 3. The van der Waals surface area contributed by atoms with E-state index in [1.807, 2.05) is 19.0 Å². The molecule has 1 fully saturated rings. The van der Waals surface area contributed by atoms with Crippen molar-refractivity contribution in [3.8, 4) is 0 Å². The lowest BCUT2D eigenvalue weighted by Crippen LogP contribution is -2.38. The van der Waals surface area contributed by atoms with Crippen LogP contribution in [0.1, 0.15) is 6.42 Å². The molecule has 0 spiro atoms. The Morgan fingerprint density at radius 2 is 2.21 bits per heavy atom. The van der Waals surface area contributed by atoms with Crippen molar-refractivity contribution in [2.24, 2.45) is 0 Å². The van der Waals surface area contributed by atoms with Gasteiger partial charge in [-0.2, -0.15) is 0 Å². The molecule has 0 amide bonds. The first kappa shape index (κ1) is 14.4. The summed E-state index contributed by atoms with van der Waals surface area (Å²) in [6.07, 6.45) is 0.278. The van der Waals surface area contributed by atoms with E-state index < -0.39 is 11.9 Å². The highest BCUT2D eigenvalue weighted by Gasteiger charge is 2.32. The molecule has 3 N–H and O–H groups in total. The zero-order valence-corrected chi connectivity index (χ0v) is 11.9. The Kier molecular flexibility index (Phi) is 4.18. The number of nitrogens with two attached hydrogens (primary N) is 1. The van der Waals surface area contributed by atoms with Crippen LogP contribution < -0.4 is 10.6 Å². The third-order valence-electron chi connectivity index (χ3n) is 3.35. The van der Waals surface area contributed by atoms with Crippen LogP contribution in [0.2, 0.25) is 5.02 Å². The van der Waals surface area contributed by atoms with E-state index in [9.17, 15) is 9.50 Å². The second-order valence-corrected chi connectivity index (χ2v) is 5.69. The Balaban J connectivity index is 2.31. The average molecular weight is 288 g/mol. The fraction of sp³-hybridized carbons (Fsp3) is 0.538. The number of nitrogen functional groups attached to an aromatic ring is 1. The van der Waals surface area contributed by atoms with Crippen molar-refractivity contribution >= 4 is 23.0 Å². The molecule has 1 aliphatic rings. The number of likely N-dealkylation sites (N-methyl/N-ethyl adjacent to an activating group) is 1. The summed E-state index contributed by atoms with van der Waals surface area (Å²) in [5.41, 5.74) is 6.91. The van der Waals surface area contributed by atoms with Crippen molar-refractivity contribution in [3.05, 3.63) is 23.0 Å². The van der Waals surface area contributed by atoms with E-state index in [-0.39, 0.29) is 11.1 Å². The van der Waals surface area contributed by atoms with E-state index in [1.54, 1.807) is 0 Å². The van der Waals surface area contributed by atoms with Gasteiger partial charge in [0, 0.05) is 25.2 Å². The van der Waals surface area contributed by atoms with E-state index in [2.05, 4.69) is 4.90 Å². The van der Waals surface area contributed by atoms with Gasteiger partial charge in [0.05, 0.1) is 22.5 Å². The molecule has 1 aliphatic heterocycles. The molecule has 2 atom stereocenters. The van der Waals surface area contributed by atoms with Crippen molar-refractivity contribution in [1.82, 2.24) is 4.90 Å². The Labute approximate surface area is 117 Å². The first-order valence-corrected chi connectivity index (χ1v) is 6.60. The summed E-state index contributed by atoms with van der Waals surface area (Å²) in [5, 5.41) is 9.90. The lowest BCUT2D eigenvalue weighted by molar-refractivity contribution is 0.191. The summed E-state index contributed by atoms with van der Waals surface area (Å²) in [5.74, 6) is -0.521. The van der Waals surface area contributed by atoms with Gasteiger partial charge in [0.15, 0.2) is 0 Å². The van der Waals surface area contributed by atoms with Crippen molar-refractivity contribution in [2.45, 2.75) is 18.6 Å². The van der Waals surface area contributed by atoms with Gasteiger partial charge in [-0.15, -0.1) is 0 Å². The summed E-state index contributed by atoms with van der Waals surface area (Å²) in [6.45, 7) is 1.29. The average Bonchev–Trinajstić information content (AvgIpc) is 2.63. The van der Waals surface area contributed by atoms with Crippen LogP contribution in [0.3, 0.4) is 0 Å². The molecule has 2 unspecified atom stereocenters. The van der Waals surface area contributed by atoms with E-state index in [1.165, 1.54) is 12.1 Å². The lowest BCUT2D eigenvalue weighted by Gasteiger charge is -2.29. The number of β-amino-alcohol motifs (C(OH)–C–C–N with tert-alkyl or cyclic N) is 1. The fourth-order valence-electron chi connectivity index (χ4n) is 2.58. The van der Waals surface area contributed by atoms with Crippen LogP contribution in [0.15, 0.2) is 12.1 Å². The van der Waals surface area contributed by atoms with Gasteiger partial charge in [0.1, 0.15) is 5.82 Å². The van der Waals surface area contributed by atoms with Crippen LogP contribution in [0.5, 0.6) is 0 Å². The highest BCUT2D eigenvalue weighted by molar-refractivity contribution is 6.31. The minimum atomic E-state index is -0.521. The first-order chi connectivity index (χ1) is 8.88. The molecule has 6 heteroatoms. The van der Waals surface area contributed by atoms with Crippen molar-refractivity contribution < 1.29 is 9.50 Å². The Bertz CT molecular complexity index is 469. The predicted octanol–water partition coefficient (Wildman–Crippen LogP) is 1.56. The maximum absolute atomic E-state index is 13.3. The number of halogens is 2. The fourth-order valence-corrected chi connectivity index (χ4v) is 2.74. The zero-order valence-electron chi connectivity index (χ0n) is 11.1. The second-order valence-electron chi connectivity index (χ2n) is 5.28. The van der Waals surface area contributed by atoms with Gasteiger partial charge < -0.3 is 20.6 Å². The van der Waals surface area contributed by atoms with E-state index >= 15 is 0 Å². The van der Waals surface area contributed by atoms with Crippen LogP contribution in [0.4, 0.5) is 15.8 Å². The number of nitrogens with zero attached hydrogens (tertiary/aromatic N) is 2. The molecule has 106 valence electrons. The monoisotopic (exact) mass is 287 g/mol. The first-order valence-electron chi connectivity index (χ1n) is 6.22. The highest BCUT2D eigenvalue weighted by Crippen LogP contribution is 2.34. The quantitative estimate of drug-likeness (QED) is 0.829. The number of anilines is 2. The molecular formula is C13H19ClFN3O. The van der Waals surface area contributed by atoms with Crippen molar-refractivity contribution in [1.29, 1.82) is 0 Å². The number of benzene rings is 1. The third kappa shape index (κ3) is 3.11. The Morgan fingerprint density at radius 3 is 2.84 bits per heavy atom. The van der Waals surface area contributed by atoms with Crippen LogP contribution in [0, 0.1) is 5.82 Å². The molecule has 2 rings (SSSR count). The summed E-state index contributed by atoms with van der Waals surface area (Å²) in [4.78, 5) is 4.06. The summed E-state index contributed by atoms with van der Waals surface area (Å²) < 4.78 is 13.3. The highest BCUT2D eigenvalue weighted by atomic mass is 35.5. The minimum absolute atomic E-state index is 0.0502. The second kappa shape index (κ2) is 5.53. The van der Waals surface area contributed by atoms with Crippen molar-refractivity contribution in [3.63, 3.8) is 0 Å². The largest absolute Gasteiger partial charge is 0.397 e.